The van der Waals surface area contributed by atoms with Gasteiger partial charge in [0, 0.05) is 50.0 Å². The van der Waals surface area contributed by atoms with E-state index in [1.54, 1.807) is 0 Å². The number of hydrogen-bond donors (Lipinski definition) is 0. The zero-order valence-electron chi connectivity index (χ0n) is 79.5. The second-order valence-corrected chi connectivity index (χ2v) is 46.1. The van der Waals surface area contributed by atoms with Crippen LogP contribution in [0.1, 0.15) is 129 Å². The third-order valence-electron chi connectivity index (χ3n) is 29.4. The predicted octanol–water partition coefficient (Wildman–Crippen LogP) is 32.8. The molecule has 4 heterocycles. The van der Waals surface area contributed by atoms with Gasteiger partial charge in [-0.15, -0.1) is 0 Å². The maximum atomic E-state index is 2.53. The average Bonchev–Trinajstić information content (AvgIpc) is 0.674. The van der Waals surface area contributed by atoms with Gasteiger partial charge in [-0.1, -0.05) is 480 Å². The van der Waals surface area contributed by atoms with Gasteiger partial charge in [-0.05, 0) is 283 Å². The van der Waals surface area contributed by atoms with Crippen molar-refractivity contribution in [2.45, 2.75) is 156 Å². The molecule has 656 valence electrons. The lowest BCUT2D eigenvalue weighted by Crippen LogP contribution is -2.58. The van der Waals surface area contributed by atoms with E-state index in [0.717, 1.165) is 0 Å². The number of rotatable bonds is 12. The molecule has 0 nitrogen and oxygen atoms in total. The fourth-order valence-electron chi connectivity index (χ4n) is 21.8. The van der Waals surface area contributed by atoms with Gasteiger partial charge in [-0.3, -0.25) is 0 Å². The van der Waals surface area contributed by atoms with Crippen LogP contribution < -0.4 is 32.8 Å². The van der Waals surface area contributed by atoms with E-state index in [1.165, 1.54) is 243 Å². The average molecular weight is 1820 g/mol. The van der Waals surface area contributed by atoms with Crippen LogP contribution in [0, 0.1) is 0 Å². The van der Waals surface area contributed by atoms with Gasteiger partial charge in [0.25, 0.3) is 0 Å². The first-order valence-electron chi connectivity index (χ1n) is 48.0. The van der Waals surface area contributed by atoms with Gasteiger partial charge in [-0.25, -0.2) is 0 Å². The van der Waals surface area contributed by atoms with E-state index in [4.69, 9.17) is 0 Å². The molecule has 20 aromatic carbocycles. The first-order valence-corrected chi connectivity index (χ1v) is 51.3. The molecule has 0 N–H and O–H groups in total. The van der Waals surface area contributed by atoms with E-state index >= 15 is 0 Å². The molecule has 0 unspecified atom stereocenters. The summed E-state index contributed by atoms with van der Waals surface area (Å²) in [4.78, 5) is 10.8. The first kappa shape index (κ1) is 87.0. The van der Waals surface area contributed by atoms with Crippen molar-refractivity contribution >= 4 is 136 Å². The maximum Gasteiger partial charge on any atom is 0.247 e. The van der Waals surface area contributed by atoms with E-state index < -0.39 is 0 Å². The third-order valence-corrected chi connectivity index (χ3v) is 34.0. The van der Waals surface area contributed by atoms with Crippen molar-refractivity contribution in [3.63, 3.8) is 0 Å². The molecule has 4 aliphatic rings. The predicted molar refractivity (Wildman–Crippen MR) is 591 cm³/mol. The van der Waals surface area contributed by atoms with Crippen LogP contribution in [0.3, 0.4) is 0 Å². The number of fused-ring (bicyclic) bond motifs is 12. The zero-order chi connectivity index (χ0) is 92.8. The van der Waals surface area contributed by atoms with Gasteiger partial charge in [-0.2, -0.15) is 0 Å². The highest BCUT2D eigenvalue weighted by molar-refractivity contribution is 8.02. The minimum absolute atomic E-state index is 0.0207. The van der Waals surface area contributed by atoms with Gasteiger partial charge in [0.15, 0.2) is 0 Å². The summed E-state index contributed by atoms with van der Waals surface area (Å²) in [5.41, 5.74) is 37.6. The quantitative estimate of drug-likeness (QED) is 0.0883. The van der Waals surface area contributed by atoms with Crippen molar-refractivity contribution in [3.8, 4) is 89.0 Å². The van der Waals surface area contributed by atoms with Crippen LogP contribution >= 0.6 is 47.0 Å². The molecule has 0 aliphatic carbocycles. The van der Waals surface area contributed by atoms with Crippen LogP contribution in [0.25, 0.3) is 132 Å². The van der Waals surface area contributed by atoms with E-state index in [-0.39, 0.29) is 40.5 Å². The Morgan fingerprint density at radius 1 is 0.154 bits per heavy atom. The molecule has 24 rings (SSSR count). The second-order valence-electron chi connectivity index (χ2n) is 41.8. The van der Waals surface area contributed by atoms with Crippen LogP contribution in [-0.2, 0) is 27.1 Å². The lowest BCUT2D eigenvalue weighted by molar-refractivity contribution is 0.569. The molecule has 0 radical (unpaired) electrons. The fourth-order valence-corrected chi connectivity index (χ4v) is 26.7. The number of hydrogen-bond acceptors (Lipinski definition) is 4. The molecule has 0 amide bonds. The Balaban J connectivity index is 0.000000153. The van der Waals surface area contributed by atoms with E-state index in [2.05, 4.69) is 496 Å². The van der Waals surface area contributed by atoms with Crippen molar-refractivity contribution in [2.24, 2.45) is 0 Å². The molecule has 136 heavy (non-hydrogen) atoms. The van der Waals surface area contributed by atoms with Crippen LogP contribution in [0.2, 0.25) is 0 Å². The van der Waals surface area contributed by atoms with Crippen molar-refractivity contribution in [1.29, 1.82) is 0 Å². The summed E-state index contributed by atoms with van der Waals surface area (Å²) in [6.45, 7) is 30.8. The summed E-state index contributed by atoms with van der Waals surface area (Å²) in [6, 6.07) is 154. The van der Waals surface area contributed by atoms with E-state index in [9.17, 15) is 0 Å². The normalized spacial score (nSPS) is 13.2. The topological polar surface area (TPSA) is 0 Å². The van der Waals surface area contributed by atoms with E-state index in [0.29, 0.717) is 0 Å². The summed E-state index contributed by atoms with van der Waals surface area (Å²) in [5.74, 6) is 0. The Morgan fingerprint density at radius 3 is 0.743 bits per heavy atom. The van der Waals surface area contributed by atoms with Crippen molar-refractivity contribution in [1.82, 2.24) is 0 Å². The summed E-state index contributed by atoms with van der Waals surface area (Å²) in [6.07, 6.45) is 0. The molecule has 6 heteroatoms. The molecule has 0 saturated heterocycles. The lowest BCUT2D eigenvalue weighted by atomic mass is 9.36. The van der Waals surface area contributed by atoms with Gasteiger partial charge in [0.05, 0.1) is 0 Å². The Kier molecular flexibility index (Phi) is 21.8. The molecule has 4 aliphatic heterocycles. The molecular weight excluding hydrogens is 1710 g/mol. The standard InChI is InChI=1S/C67H57BS2.C63H49BS2/c1-65(2,3)50-36-45(37-51(40-50)66(4,5)6)43-33-44(35-47(34-43)63-54-27-17-15-25-52(54)62(42-21-11-9-12-22-42)53-26-16-18-28-55(53)63)46-38-60-64-61(39-46)70-59-32-31-49(67(7,8)48-23-13-10-14-24-48)41-57(59)68(64)56-29-19-20-30-58(56)69-60;1-62(2,3)47-24-18-21-41(36-47)42-33-43(35-45(34-42)60-51-27-14-12-25-49(51)59(40-19-8-6-9-20-40)50-26-13-15-28-52(50)60)44-37-57-61-58(38-44)66-56-32-31-48(63(4,5)46-22-10-7-11-23-46)39-54(56)64(61)53-29-16-17-30-55(53)65-57/h9-41H,1-8H3;6-39H,1-5H3. The largest absolute Gasteiger partial charge is 0.247 e. The van der Waals surface area contributed by atoms with Crippen LogP contribution in [0.15, 0.2) is 446 Å². The second kappa shape index (κ2) is 34.0. The Bertz CT molecular complexity index is 8030. The van der Waals surface area contributed by atoms with Crippen molar-refractivity contribution in [3.05, 3.63) is 445 Å². The molecule has 0 aromatic heterocycles. The summed E-state index contributed by atoms with van der Waals surface area (Å²) < 4.78 is 0. The van der Waals surface area contributed by atoms with Gasteiger partial charge < -0.3 is 0 Å². The van der Waals surface area contributed by atoms with Crippen LogP contribution in [0.5, 0.6) is 0 Å². The molecule has 0 saturated carbocycles. The Hall–Kier alpha value is -13.0. The zero-order valence-corrected chi connectivity index (χ0v) is 82.7. The van der Waals surface area contributed by atoms with Crippen LogP contribution in [0.4, 0.5) is 0 Å². The van der Waals surface area contributed by atoms with Gasteiger partial charge in [0.2, 0.25) is 13.4 Å². The fraction of sp³-hybridized carbons (Fsp3) is 0.138. The highest BCUT2D eigenvalue weighted by atomic mass is 32.2. The third kappa shape index (κ3) is 15.5. The molecule has 20 aromatic rings. The molecule has 0 atom stereocenters. The van der Waals surface area contributed by atoms with Crippen molar-refractivity contribution < 1.29 is 0 Å². The first-order chi connectivity index (χ1) is 65.8. The maximum absolute atomic E-state index is 2.53. The summed E-state index contributed by atoms with van der Waals surface area (Å²) >= 11 is 7.77. The van der Waals surface area contributed by atoms with Crippen molar-refractivity contribution in [2.75, 3.05) is 0 Å². The highest BCUT2D eigenvalue weighted by Crippen LogP contribution is 2.53. The van der Waals surface area contributed by atoms with E-state index in [1.807, 2.05) is 47.0 Å². The smallest absolute Gasteiger partial charge is 0.0911 e. The Labute approximate surface area is 820 Å². The molecular formula is C130H106B2S4. The minimum Gasteiger partial charge on any atom is -0.0911 e. The molecule has 0 fully saturated rings. The monoisotopic (exact) mass is 1820 g/mol. The Morgan fingerprint density at radius 2 is 0.404 bits per heavy atom. The minimum atomic E-state index is -0.141. The highest BCUT2D eigenvalue weighted by Gasteiger charge is 2.43. The summed E-state index contributed by atoms with van der Waals surface area (Å²) in [7, 11) is 0. The van der Waals surface area contributed by atoms with Crippen LogP contribution in [-0.4, -0.2) is 13.4 Å². The van der Waals surface area contributed by atoms with Gasteiger partial charge in [0.1, 0.15) is 0 Å². The lowest BCUT2D eigenvalue weighted by Gasteiger charge is -2.35. The molecule has 0 spiro atoms. The molecule has 0 bridgehead atoms. The van der Waals surface area contributed by atoms with Gasteiger partial charge >= 0.3 is 0 Å². The number of benzene rings is 20. The summed E-state index contributed by atoms with van der Waals surface area (Å²) in [5, 5.41) is 10.1. The SMILES string of the molecule is CC(C)(C)c1cc(-c2cc(-c3cc4c5c(c3)Sc3ccc(C(C)(C)c6ccccc6)cc3B5c3ccccc3S4)cc(-c3c4ccccc4c(-c4ccccc4)c4ccccc34)c2)cc(C(C)(C)C)c1.CC(C)(C)c1cccc(-c2cc(-c3cc4c5c(c3)Sc3ccc(C(C)(C)c6ccccc6)cc3B5c3ccccc3S4)cc(-c3c4ccccc4c(-c4ccccc4)c4ccccc34)c2)c1.